The third kappa shape index (κ3) is 3.50. The molecule has 4 heteroatoms. The molecule has 2 aliphatic rings. The third-order valence-corrected chi connectivity index (χ3v) is 4.61. The van der Waals surface area contributed by atoms with Crippen molar-refractivity contribution in [3.63, 3.8) is 0 Å². The van der Waals surface area contributed by atoms with E-state index in [1.54, 1.807) is 12.4 Å². The Morgan fingerprint density at radius 3 is 2.70 bits per heavy atom. The van der Waals surface area contributed by atoms with Crippen LogP contribution in [0, 0.1) is 11.8 Å². The van der Waals surface area contributed by atoms with Gasteiger partial charge in [-0.25, -0.2) is 4.79 Å². The van der Waals surface area contributed by atoms with Crippen molar-refractivity contribution in [1.82, 2.24) is 15.6 Å². The number of aromatic nitrogens is 1. The molecule has 0 aromatic carbocycles. The van der Waals surface area contributed by atoms with Crippen LogP contribution in [0.1, 0.15) is 44.1 Å². The van der Waals surface area contributed by atoms with Crippen molar-refractivity contribution in [2.24, 2.45) is 11.8 Å². The summed E-state index contributed by atoms with van der Waals surface area (Å²) < 4.78 is 0. The molecule has 0 bridgehead atoms. The Morgan fingerprint density at radius 1 is 1.20 bits per heavy atom. The van der Waals surface area contributed by atoms with Crippen molar-refractivity contribution in [3.8, 4) is 0 Å². The van der Waals surface area contributed by atoms with Gasteiger partial charge in [-0.05, 0) is 36.0 Å². The fourth-order valence-corrected chi connectivity index (χ4v) is 3.37. The SMILES string of the molecule is O=C(NCc1ccncc1)N[C@@H]1C[C@@H]1C1CCCCC1. The Hall–Kier alpha value is -1.58. The minimum absolute atomic E-state index is 0.0369. The zero-order valence-corrected chi connectivity index (χ0v) is 11.8. The molecule has 0 unspecified atom stereocenters. The maximum absolute atomic E-state index is 11.9. The Bertz CT molecular complexity index is 442. The van der Waals surface area contributed by atoms with Crippen molar-refractivity contribution in [3.05, 3.63) is 30.1 Å². The monoisotopic (exact) mass is 273 g/mol. The van der Waals surface area contributed by atoms with Crippen molar-refractivity contribution in [1.29, 1.82) is 0 Å². The van der Waals surface area contributed by atoms with E-state index < -0.39 is 0 Å². The average Bonchev–Trinajstić information content (AvgIpc) is 3.26. The number of hydrogen-bond acceptors (Lipinski definition) is 2. The molecule has 1 aromatic rings. The number of rotatable bonds is 4. The molecule has 0 radical (unpaired) electrons. The minimum Gasteiger partial charge on any atom is -0.335 e. The van der Waals surface area contributed by atoms with Gasteiger partial charge in [0, 0.05) is 25.0 Å². The van der Waals surface area contributed by atoms with Crippen LogP contribution in [0.3, 0.4) is 0 Å². The first-order valence-corrected chi connectivity index (χ1v) is 7.76. The first-order chi connectivity index (χ1) is 9.83. The fraction of sp³-hybridized carbons (Fsp3) is 0.625. The lowest BCUT2D eigenvalue weighted by Gasteiger charge is -2.21. The topological polar surface area (TPSA) is 54.0 Å². The molecular formula is C16H23N3O. The third-order valence-electron chi connectivity index (χ3n) is 4.61. The van der Waals surface area contributed by atoms with E-state index in [2.05, 4.69) is 15.6 Å². The smallest absolute Gasteiger partial charge is 0.315 e. The normalized spacial score (nSPS) is 26.0. The largest absolute Gasteiger partial charge is 0.335 e. The Kier molecular flexibility index (Phi) is 4.19. The highest BCUT2D eigenvalue weighted by Gasteiger charge is 2.43. The van der Waals surface area contributed by atoms with Gasteiger partial charge in [-0.1, -0.05) is 32.1 Å². The zero-order chi connectivity index (χ0) is 13.8. The van der Waals surface area contributed by atoms with Gasteiger partial charge in [0.05, 0.1) is 0 Å². The second kappa shape index (κ2) is 6.25. The van der Waals surface area contributed by atoms with Crippen molar-refractivity contribution >= 4 is 6.03 Å². The summed E-state index contributed by atoms with van der Waals surface area (Å²) in [6.45, 7) is 0.565. The predicted octanol–water partition coefficient (Wildman–Crippen LogP) is 2.85. The summed E-state index contributed by atoms with van der Waals surface area (Å²) in [6.07, 6.45) is 11.5. The van der Waals surface area contributed by atoms with Gasteiger partial charge in [-0.15, -0.1) is 0 Å². The van der Waals surface area contributed by atoms with E-state index in [1.807, 2.05) is 12.1 Å². The van der Waals surface area contributed by atoms with Gasteiger partial charge in [0.2, 0.25) is 0 Å². The molecule has 0 saturated heterocycles. The summed E-state index contributed by atoms with van der Waals surface area (Å²) >= 11 is 0. The zero-order valence-electron chi connectivity index (χ0n) is 11.8. The Balaban J connectivity index is 1.37. The van der Waals surface area contributed by atoms with E-state index >= 15 is 0 Å². The molecular weight excluding hydrogens is 250 g/mol. The molecule has 2 N–H and O–H groups in total. The maximum Gasteiger partial charge on any atom is 0.315 e. The highest BCUT2D eigenvalue weighted by atomic mass is 16.2. The van der Waals surface area contributed by atoms with Gasteiger partial charge in [0.25, 0.3) is 0 Å². The van der Waals surface area contributed by atoms with E-state index in [1.165, 1.54) is 38.5 Å². The van der Waals surface area contributed by atoms with Gasteiger partial charge in [-0.2, -0.15) is 0 Å². The quantitative estimate of drug-likeness (QED) is 0.886. The number of nitrogens with zero attached hydrogens (tertiary/aromatic N) is 1. The van der Waals surface area contributed by atoms with Crippen LogP contribution in [0.4, 0.5) is 4.79 Å². The van der Waals surface area contributed by atoms with E-state index in [4.69, 9.17) is 0 Å². The lowest BCUT2D eigenvalue weighted by Crippen LogP contribution is -2.37. The van der Waals surface area contributed by atoms with Gasteiger partial charge in [-0.3, -0.25) is 4.98 Å². The second-order valence-corrected chi connectivity index (χ2v) is 6.09. The second-order valence-electron chi connectivity index (χ2n) is 6.09. The number of urea groups is 1. The van der Waals surface area contributed by atoms with E-state index in [-0.39, 0.29) is 6.03 Å². The molecule has 2 aliphatic carbocycles. The predicted molar refractivity (Wildman–Crippen MR) is 78.1 cm³/mol. The number of nitrogens with one attached hydrogen (secondary N) is 2. The number of carbonyl (C=O) groups excluding carboxylic acids is 1. The first-order valence-electron chi connectivity index (χ1n) is 7.76. The number of amides is 2. The van der Waals surface area contributed by atoms with Crippen molar-refractivity contribution in [2.45, 2.75) is 51.1 Å². The molecule has 2 saturated carbocycles. The van der Waals surface area contributed by atoms with Crippen LogP contribution in [0.2, 0.25) is 0 Å². The molecule has 4 nitrogen and oxygen atoms in total. The first kappa shape index (κ1) is 13.4. The Morgan fingerprint density at radius 2 is 1.95 bits per heavy atom. The fourth-order valence-electron chi connectivity index (χ4n) is 3.37. The highest BCUT2D eigenvalue weighted by Crippen LogP contribution is 2.44. The molecule has 2 amide bonds. The highest BCUT2D eigenvalue weighted by molar-refractivity contribution is 5.74. The van der Waals surface area contributed by atoms with Crippen LogP contribution >= 0.6 is 0 Å². The summed E-state index contributed by atoms with van der Waals surface area (Å²) in [4.78, 5) is 15.8. The average molecular weight is 273 g/mol. The minimum atomic E-state index is -0.0369. The number of carbonyl (C=O) groups is 1. The molecule has 20 heavy (non-hydrogen) atoms. The lowest BCUT2D eigenvalue weighted by molar-refractivity contribution is 0.238. The molecule has 2 fully saturated rings. The molecule has 1 aromatic heterocycles. The van der Waals surface area contributed by atoms with Crippen molar-refractivity contribution in [2.75, 3.05) is 0 Å². The van der Waals surface area contributed by atoms with E-state index in [9.17, 15) is 4.79 Å². The molecule has 3 rings (SSSR count). The molecule has 108 valence electrons. The van der Waals surface area contributed by atoms with Crippen LogP contribution in [0.25, 0.3) is 0 Å². The van der Waals surface area contributed by atoms with Crippen molar-refractivity contribution < 1.29 is 4.79 Å². The summed E-state index contributed by atoms with van der Waals surface area (Å²) in [5, 5.41) is 6.02. The van der Waals surface area contributed by atoms with Crippen LogP contribution in [-0.2, 0) is 6.54 Å². The van der Waals surface area contributed by atoms with E-state index in [0.717, 1.165) is 17.4 Å². The number of pyridine rings is 1. The summed E-state index contributed by atoms with van der Waals surface area (Å²) in [5.41, 5.74) is 1.08. The van der Waals surface area contributed by atoms with Crippen LogP contribution in [-0.4, -0.2) is 17.1 Å². The van der Waals surface area contributed by atoms with Gasteiger partial charge in [0.15, 0.2) is 0 Å². The Labute approximate surface area is 120 Å². The molecule has 2 atom stereocenters. The summed E-state index contributed by atoms with van der Waals surface area (Å²) in [7, 11) is 0. The van der Waals surface area contributed by atoms with Gasteiger partial charge >= 0.3 is 6.03 Å². The maximum atomic E-state index is 11.9. The van der Waals surface area contributed by atoms with Crippen LogP contribution in [0.5, 0.6) is 0 Å². The van der Waals surface area contributed by atoms with Gasteiger partial charge < -0.3 is 10.6 Å². The van der Waals surface area contributed by atoms with E-state index in [0.29, 0.717) is 12.6 Å². The number of hydrogen-bond donors (Lipinski definition) is 2. The molecule has 0 aliphatic heterocycles. The lowest BCUT2D eigenvalue weighted by atomic mass is 9.85. The standard InChI is InChI=1S/C16H23N3O/c20-16(18-11-12-6-8-17-9-7-12)19-15-10-14(15)13-4-2-1-3-5-13/h6-9,13-15H,1-5,10-11H2,(H2,18,19,20)/t14-,15-/m1/s1. The molecule has 1 heterocycles. The summed E-state index contributed by atoms with van der Waals surface area (Å²) in [6, 6.07) is 4.21. The van der Waals surface area contributed by atoms with Crippen LogP contribution < -0.4 is 10.6 Å². The van der Waals surface area contributed by atoms with Crippen LogP contribution in [0.15, 0.2) is 24.5 Å². The summed E-state index contributed by atoms with van der Waals surface area (Å²) in [5.74, 6) is 1.59. The molecule has 0 spiro atoms. The van der Waals surface area contributed by atoms with Gasteiger partial charge in [0.1, 0.15) is 0 Å².